The molecule has 0 N–H and O–H groups in total. The largest absolute Gasteiger partial charge is 0.444 e. The van der Waals surface area contributed by atoms with Crippen LogP contribution in [0.4, 0.5) is 4.79 Å². The van der Waals surface area contributed by atoms with E-state index in [2.05, 4.69) is 32.9 Å². The summed E-state index contributed by atoms with van der Waals surface area (Å²) < 4.78 is 5.49. The lowest BCUT2D eigenvalue weighted by Crippen LogP contribution is -2.42. The number of hydrogen-bond donors (Lipinski definition) is 0. The number of rotatable bonds is 5. The van der Waals surface area contributed by atoms with Gasteiger partial charge >= 0.3 is 6.09 Å². The molecule has 1 atom stereocenters. The van der Waals surface area contributed by atoms with Crippen molar-refractivity contribution < 1.29 is 9.53 Å². The van der Waals surface area contributed by atoms with E-state index in [1.54, 1.807) is 0 Å². The van der Waals surface area contributed by atoms with Crippen LogP contribution < -0.4 is 0 Å². The number of nitrogens with zero attached hydrogens (tertiary/aromatic N) is 1. The maximum atomic E-state index is 12.2. The Morgan fingerprint density at radius 1 is 1.22 bits per heavy atom. The van der Waals surface area contributed by atoms with E-state index in [1.807, 2.05) is 25.7 Å². The lowest BCUT2D eigenvalue weighted by atomic mass is 9.93. The van der Waals surface area contributed by atoms with Crippen LogP contribution in [0.1, 0.15) is 73.6 Å². The first kappa shape index (κ1) is 19.8. The van der Waals surface area contributed by atoms with Crippen molar-refractivity contribution in [1.82, 2.24) is 4.90 Å². The van der Waals surface area contributed by atoms with Gasteiger partial charge in [0, 0.05) is 13.1 Å². The van der Waals surface area contributed by atoms with Crippen molar-refractivity contribution in [3.05, 3.63) is 23.3 Å². The first-order chi connectivity index (χ1) is 10.7. The van der Waals surface area contributed by atoms with Crippen LogP contribution in [0.2, 0.25) is 0 Å². The molecular weight excluding hydrogens is 286 g/mol. The van der Waals surface area contributed by atoms with Gasteiger partial charge in [0.25, 0.3) is 0 Å². The molecule has 1 unspecified atom stereocenters. The van der Waals surface area contributed by atoms with Gasteiger partial charge in [-0.1, -0.05) is 23.3 Å². The summed E-state index contributed by atoms with van der Waals surface area (Å²) in [4.78, 5) is 14.1. The lowest BCUT2D eigenvalue weighted by Gasteiger charge is -2.33. The highest BCUT2D eigenvalue weighted by molar-refractivity contribution is 5.68. The fourth-order valence-corrected chi connectivity index (χ4v) is 2.81. The maximum absolute atomic E-state index is 12.2. The van der Waals surface area contributed by atoms with E-state index >= 15 is 0 Å². The van der Waals surface area contributed by atoms with Crippen molar-refractivity contribution in [3.8, 4) is 0 Å². The highest BCUT2D eigenvalue weighted by atomic mass is 16.6. The minimum absolute atomic E-state index is 0.161. The fourth-order valence-electron chi connectivity index (χ4n) is 2.81. The van der Waals surface area contributed by atoms with Gasteiger partial charge in [-0.25, -0.2) is 4.79 Å². The molecule has 1 fully saturated rings. The number of carbonyl (C=O) groups is 1. The summed E-state index contributed by atoms with van der Waals surface area (Å²) in [6.07, 6.45) is 10.1. The monoisotopic (exact) mass is 321 g/mol. The first-order valence-corrected chi connectivity index (χ1v) is 8.94. The molecule has 0 radical (unpaired) electrons. The third kappa shape index (κ3) is 8.83. The highest BCUT2D eigenvalue weighted by Gasteiger charge is 2.27. The summed E-state index contributed by atoms with van der Waals surface area (Å²) in [7, 11) is 0. The highest BCUT2D eigenvalue weighted by Crippen LogP contribution is 2.23. The molecule has 132 valence electrons. The van der Waals surface area contributed by atoms with Crippen LogP contribution in [-0.4, -0.2) is 29.7 Å². The lowest BCUT2D eigenvalue weighted by molar-refractivity contribution is 0.0167. The number of carbonyl (C=O) groups excluding carboxylic acids is 1. The zero-order valence-electron chi connectivity index (χ0n) is 15.9. The molecule has 0 aromatic carbocycles. The summed E-state index contributed by atoms with van der Waals surface area (Å²) in [5.41, 5.74) is 2.43. The van der Waals surface area contributed by atoms with E-state index in [-0.39, 0.29) is 6.09 Å². The molecule has 1 saturated heterocycles. The predicted molar refractivity (Wildman–Crippen MR) is 97.6 cm³/mol. The Bertz CT molecular complexity index is 439. The number of ether oxygens (including phenoxy) is 1. The van der Waals surface area contributed by atoms with Gasteiger partial charge in [0.05, 0.1) is 0 Å². The van der Waals surface area contributed by atoms with Gasteiger partial charge in [-0.05, 0) is 79.6 Å². The Morgan fingerprint density at radius 3 is 2.52 bits per heavy atom. The third-order valence-corrected chi connectivity index (χ3v) is 4.06. The van der Waals surface area contributed by atoms with Gasteiger partial charge in [-0.15, -0.1) is 0 Å². The zero-order chi connectivity index (χ0) is 17.5. The SMILES string of the molecule is CC(C)=CCC/C(C)=C/CC1CCCN(C(=O)OC(C)(C)C)C1. The van der Waals surface area contributed by atoms with Gasteiger partial charge in [0.15, 0.2) is 0 Å². The summed E-state index contributed by atoms with van der Waals surface area (Å²) in [6, 6.07) is 0. The Labute approximate surface area is 142 Å². The van der Waals surface area contributed by atoms with Crippen molar-refractivity contribution in [2.45, 2.75) is 79.2 Å². The molecule has 0 saturated carbocycles. The molecular formula is C20H35NO2. The van der Waals surface area contributed by atoms with Gasteiger partial charge in [0.1, 0.15) is 5.60 Å². The van der Waals surface area contributed by atoms with Crippen LogP contribution in [0.25, 0.3) is 0 Å². The molecule has 1 aliphatic heterocycles. The molecule has 0 bridgehead atoms. The average Bonchev–Trinajstić information content (AvgIpc) is 2.43. The molecule has 23 heavy (non-hydrogen) atoms. The summed E-state index contributed by atoms with van der Waals surface area (Å²) in [6.45, 7) is 13.9. The van der Waals surface area contributed by atoms with E-state index in [0.717, 1.165) is 38.8 Å². The van der Waals surface area contributed by atoms with Crippen LogP contribution in [0.5, 0.6) is 0 Å². The van der Waals surface area contributed by atoms with Crippen molar-refractivity contribution in [3.63, 3.8) is 0 Å². The molecule has 1 heterocycles. The molecule has 3 nitrogen and oxygen atoms in total. The average molecular weight is 322 g/mol. The van der Waals surface area contributed by atoms with Gasteiger partial charge in [0.2, 0.25) is 0 Å². The Balaban J connectivity index is 2.43. The number of piperidine rings is 1. The Kier molecular flexibility index (Phi) is 7.87. The number of allylic oxidation sites excluding steroid dienone is 4. The second kappa shape index (κ2) is 9.14. The van der Waals surface area contributed by atoms with Crippen molar-refractivity contribution in [2.75, 3.05) is 13.1 Å². The van der Waals surface area contributed by atoms with Crippen LogP contribution >= 0.6 is 0 Å². The minimum Gasteiger partial charge on any atom is -0.444 e. The van der Waals surface area contributed by atoms with Crippen LogP contribution in [0, 0.1) is 5.92 Å². The van der Waals surface area contributed by atoms with E-state index in [0.29, 0.717) is 5.92 Å². The second-order valence-corrected chi connectivity index (χ2v) is 8.04. The maximum Gasteiger partial charge on any atom is 0.410 e. The Hall–Kier alpha value is -1.25. The molecule has 0 spiro atoms. The van der Waals surface area contributed by atoms with Crippen molar-refractivity contribution in [1.29, 1.82) is 0 Å². The Morgan fingerprint density at radius 2 is 1.91 bits per heavy atom. The van der Waals surface area contributed by atoms with Crippen LogP contribution in [-0.2, 0) is 4.74 Å². The predicted octanol–water partition coefficient (Wildman–Crippen LogP) is 5.72. The minimum atomic E-state index is -0.411. The fraction of sp³-hybridized carbons (Fsp3) is 0.750. The van der Waals surface area contributed by atoms with E-state index in [1.165, 1.54) is 17.6 Å². The molecule has 1 rings (SSSR count). The number of hydrogen-bond acceptors (Lipinski definition) is 2. The van der Waals surface area contributed by atoms with E-state index in [4.69, 9.17) is 4.74 Å². The van der Waals surface area contributed by atoms with Crippen molar-refractivity contribution in [2.24, 2.45) is 5.92 Å². The summed E-state index contributed by atoms with van der Waals surface area (Å²) in [5.74, 6) is 0.565. The number of amides is 1. The molecule has 0 aliphatic carbocycles. The molecule has 3 heteroatoms. The van der Waals surface area contributed by atoms with Crippen LogP contribution in [0.15, 0.2) is 23.3 Å². The molecule has 0 aromatic rings. The zero-order valence-corrected chi connectivity index (χ0v) is 15.9. The standard InChI is InChI=1S/C20H35NO2/c1-16(2)9-7-10-17(3)12-13-18-11-8-14-21(15-18)19(22)23-20(4,5)6/h9,12,18H,7-8,10-11,13-15H2,1-6H3/b17-12+. The first-order valence-electron chi connectivity index (χ1n) is 8.94. The topological polar surface area (TPSA) is 29.5 Å². The van der Waals surface area contributed by atoms with Gasteiger partial charge in [-0.3, -0.25) is 0 Å². The second-order valence-electron chi connectivity index (χ2n) is 8.04. The van der Waals surface area contributed by atoms with Crippen molar-refractivity contribution >= 4 is 6.09 Å². The normalized spacial score (nSPS) is 19.5. The number of likely N-dealkylation sites (tertiary alicyclic amines) is 1. The summed E-state index contributed by atoms with van der Waals surface area (Å²) in [5, 5.41) is 0. The molecule has 1 amide bonds. The van der Waals surface area contributed by atoms with Crippen LogP contribution in [0.3, 0.4) is 0 Å². The summed E-state index contributed by atoms with van der Waals surface area (Å²) >= 11 is 0. The van der Waals surface area contributed by atoms with E-state index < -0.39 is 5.60 Å². The molecule has 1 aliphatic rings. The quantitative estimate of drug-likeness (QED) is 0.606. The third-order valence-electron chi connectivity index (χ3n) is 4.06. The van der Waals surface area contributed by atoms with Gasteiger partial charge < -0.3 is 9.64 Å². The molecule has 0 aromatic heterocycles. The smallest absolute Gasteiger partial charge is 0.410 e. The van der Waals surface area contributed by atoms with Gasteiger partial charge in [-0.2, -0.15) is 0 Å². The van der Waals surface area contributed by atoms with E-state index in [9.17, 15) is 4.79 Å².